The summed E-state index contributed by atoms with van der Waals surface area (Å²) in [5.41, 5.74) is 5.54. The molecule has 30 heavy (non-hydrogen) atoms. The van der Waals surface area contributed by atoms with Gasteiger partial charge in [-0.2, -0.15) is 5.10 Å². The molecule has 1 saturated heterocycles. The van der Waals surface area contributed by atoms with Crippen LogP contribution in [0.5, 0.6) is 0 Å². The Balaban J connectivity index is 1.51. The second-order valence-corrected chi connectivity index (χ2v) is 7.89. The molecule has 0 aliphatic carbocycles. The van der Waals surface area contributed by atoms with E-state index in [1.807, 2.05) is 54.9 Å². The van der Waals surface area contributed by atoms with Gasteiger partial charge in [-0.25, -0.2) is 4.68 Å². The molecule has 156 valence electrons. The number of aryl methyl sites for hydroxylation is 1. The number of aromatic nitrogens is 2. The molecule has 1 aromatic heterocycles. The average molecular weight is 404 g/mol. The Morgan fingerprint density at radius 2 is 1.63 bits per heavy atom. The molecule has 1 aliphatic heterocycles. The molecular formula is C24H29N5O. The first-order valence-electron chi connectivity index (χ1n) is 10.5. The average Bonchev–Trinajstić information content (AvgIpc) is 3.07. The minimum absolute atomic E-state index is 0.0830. The number of carbonyl (C=O) groups excluding carboxylic acids is 1. The largest absolute Gasteiger partial charge is 0.369 e. The highest BCUT2D eigenvalue weighted by Crippen LogP contribution is 2.22. The fourth-order valence-electron chi connectivity index (χ4n) is 4.07. The minimum Gasteiger partial charge on any atom is -0.369 e. The lowest BCUT2D eigenvalue weighted by Crippen LogP contribution is -2.45. The third-order valence-electron chi connectivity index (χ3n) is 5.79. The summed E-state index contributed by atoms with van der Waals surface area (Å²) in [4.78, 5) is 17.8. The van der Waals surface area contributed by atoms with Crippen LogP contribution < -0.4 is 10.2 Å². The summed E-state index contributed by atoms with van der Waals surface area (Å²) >= 11 is 0. The van der Waals surface area contributed by atoms with E-state index in [2.05, 4.69) is 45.5 Å². The quantitative estimate of drug-likeness (QED) is 0.711. The summed E-state index contributed by atoms with van der Waals surface area (Å²) in [6, 6.07) is 18.3. The van der Waals surface area contributed by atoms with Crippen molar-refractivity contribution in [2.24, 2.45) is 0 Å². The van der Waals surface area contributed by atoms with Gasteiger partial charge in [0.2, 0.25) is 0 Å². The fraction of sp³-hybridized carbons (Fsp3) is 0.333. The van der Waals surface area contributed by atoms with E-state index in [0.29, 0.717) is 12.1 Å². The maximum absolute atomic E-state index is 13.1. The molecule has 0 radical (unpaired) electrons. The molecule has 6 nitrogen and oxygen atoms in total. The second kappa shape index (κ2) is 8.71. The lowest BCUT2D eigenvalue weighted by Gasteiger charge is -2.35. The Morgan fingerprint density at radius 1 is 0.967 bits per heavy atom. The van der Waals surface area contributed by atoms with E-state index in [0.717, 1.165) is 48.8 Å². The molecule has 0 saturated carbocycles. The first kappa shape index (κ1) is 20.2. The number of benzene rings is 2. The van der Waals surface area contributed by atoms with Gasteiger partial charge in [-0.05, 0) is 44.7 Å². The third kappa shape index (κ3) is 4.09. The highest BCUT2D eigenvalue weighted by Gasteiger charge is 2.21. The van der Waals surface area contributed by atoms with Crippen LogP contribution in [0.3, 0.4) is 0 Å². The Bertz CT molecular complexity index is 1020. The van der Waals surface area contributed by atoms with Gasteiger partial charge in [0.15, 0.2) is 0 Å². The van der Waals surface area contributed by atoms with Crippen molar-refractivity contribution < 1.29 is 4.79 Å². The standard InChI is InChI=1S/C24H29N5O/c1-18-23(19(2)29(26-18)21-10-5-4-6-11-21)24(30)25-17-20-9-7-8-12-22(20)28-15-13-27(3)14-16-28/h4-12H,13-17H2,1-3H3,(H,25,30). The Hall–Kier alpha value is -3.12. The molecule has 4 rings (SSSR count). The van der Waals surface area contributed by atoms with Crippen LogP contribution in [0.4, 0.5) is 5.69 Å². The molecule has 3 aromatic rings. The smallest absolute Gasteiger partial charge is 0.255 e. The topological polar surface area (TPSA) is 53.4 Å². The van der Waals surface area contributed by atoms with Crippen LogP contribution in [0.1, 0.15) is 27.3 Å². The Labute approximate surface area is 178 Å². The van der Waals surface area contributed by atoms with E-state index in [1.165, 1.54) is 5.69 Å². The zero-order valence-electron chi connectivity index (χ0n) is 17.9. The number of nitrogens with one attached hydrogen (secondary N) is 1. The van der Waals surface area contributed by atoms with Gasteiger partial charge in [-0.3, -0.25) is 4.79 Å². The number of likely N-dealkylation sites (N-methyl/N-ethyl adjacent to an activating group) is 1. The van der Waals surface area contributed by atoms with Gasteiger partial charge in [-0.15, -0.1) is 0 Å². The van der Waals surface area contributed by atoms with Crippen LogP contribution in [-0.2, 0) is 6.54 Å². The van der Waals surface area contributed by atoms with Crippen molar-refractivity contribution in [3.8, 4) is 5.69 Å². The van der Waals surface area contributed by atoms with Gasteiger partial charge < -0.3 is 15.1 Å². The van der Waals surface area contributed by atoms with Gasteiger partial charge in [0.25, 0.3) is 5.91 Å². The minimum atomic E-state index is -0.0830. The van der Waals surface area contributed by atoms with E-state index in [1.54, 1.807) is 0 Å². The number of carbonyl (C=O) groups is 1. The summed E-state index contributed by atoms with van der Waals surface area (Å²) < 4.78 is 1.84. The summed E-state index contributed by atoms with van der Waals surface area (Å²) in [5, 5.41) is 7.72. The monoisotopic (exact) mass is 403 g/mol. The predicted molar refractivity (Wildman–Crippen MR) is 120 cm³/mol. The lowest BCUT2D eigenvalue weighted by atomic mass is 10.1. The maximum Gasteiger partial charge on any atom is 0.255 e. The molecule has 1 amide bonds. The first-order valence-corrected chi connectivity index (χ1v) is 10.5. The van der Waals surface area contributed by atoms with Crippen molar-refractivity contribution in [1.29, 1.82) is 0 Å². The molecule has 0 unspecified atom stereocenters. The number of hydrogen-bond donors (Lipinski definition) is 1. The van der Waals surface area contributed by atoms with E-state index in [9.17, 15) is 4.79 Å². The van der Waals surface area contributed by atoms with Gasteiger partial charge in [0.1, 0.15) is 0 Å². The zero-order valence-corrected chi connectivity index (χ0v) is 17.9. The number of amides is 1. The fourth-order valence-corrected chi connectivity index (χ4v) is 4.07. The van der Waals surface area contributed by atoms with Crippen molar-refractivity contribution in [3.63, 3.8) is 0 Å². The van der Waals surface area contributed by atoms with E-state index < -0.39 is 0 Å². The van der Waals surface area contributed by atoms with E-state index in [-0.39, 0.29) is 5.91 Å². The number of para-hydroxylation sites is 2. The molecule has 0 bridgehead atoms. The Morgan fingerprint density at radius 3 is 2.37 bits per heavy atom. The summed E-state index contributed by atoms with van der Waals surface area (Å²) in [7, 11) is 2.16. The molecule has 1 fully saturated rings. The highest BCUT2D eigenvalue weighted by molar-refractivity contribution is 5.96. The first-order chi connectivity index (χ1) is 14.5. The summed E-state index contributed by atoms with van der Waals surface area (Å²) in [6.45, 7) is 8.44. The summed E-state index contributed by atoms with van der Waals surface area (Å²) in [5.74, 6) is -0.0830. The van der Waals surface area contributed by atoms with Crippen molar-refractivity contribution in [2.45, 2.75) is 20.4 Å². The maximum atomic E-state index is 13.1. The number of rotatable bonds is 5. The Kier molecular flexibility index (Phi) is 5.86. The van der Waals surface area contributed by atoms with E-state index >= 15 is 0 Å². The molecule has 0 atom stereocenters. The van der Waals surface area contributed by atoms with Gasteiger partial charge in [0, 0.05) is 38.4 Å². The van der Waals surface area contributed by atoms with Crippen molar-refractivity contribution in [1.82, 2.24) is 20.0 Å². The molecule has 2 heterocycles. The molecule has 2 aromatic carbocycles. The number of hydrogen-bond acceptors (Lipinski definition) is 4. The predicted octanol–water partition coefficient (Wildman–Crippen LogP) is 3.17. The second-order valence-electron chi connectivity index (χ2n) is 7.89. The molecule has 1 aliphatic rings. The van der Waals surface area contributed by atoms with Crippen LogP contribution in [-0.4, -0.2) is 53.8 Å². The van der Waals surface area contributed by atoms with Crippen LogP contribution in [0.2, 0.25) is 0 Å². The van der Waals surface area contributed by atoms with Crippen molar-refractivity contribution in [3.05, 3.63) is 77.1 Å². The molecule has 1 N–H and O–H groups in total. The lowest BCUT2D eigenvalue weighted by molar-refractivity contribution is 0.0949. The van der Waals surface area contributed by atoms with Crippen LogP contribution in [0.15, 0.2) is 54.6 Å². The zero-order chi connectivity index (χ0) is 21.1. The van der Waals surface area contributed by atoms with Crippen LogP contribution in [0, 0.1) is 13.8 Å². The normalized spacial score (nSPS) is 14.7. The number of anilines is 1. The number of piperazine rings is 1. The number of nitrogens with zero attached hydrogens (tertiary/aromatic N) is 4. The van der Waals surface area contributed by atoms with Crippen LogP contribution >= 0.6 is 0 Å². The van der Waals surface area contributed by atoms with Crippen molar-refractivity contribution in [2.75, 3.05) is 38.1 Å². The van der Waals surface area contributed by atoms with Gasteiger partial charge in [-0.1, -0.05) is 36.4 Å². The van der Waals surface area contributed by atoms with Crippen LogP contribution in [0.25, 0.3) is 5.69 Å². The SMILES string of the molecule is Cc1nn(-c2ccccc2)c(C)c1C(=O)NCc1ccccc1N1CCN(C)CC1. The van der Waals surface area contributed by atoms with Gasteiger partial charge in [0.05, 0.1) is 22.6 Å². The summed E-state index contributed by atoms with van der Waals surface area (Å²) in [6.07, 6.45) is 0. The molecule has 0 spiro atoms. The molecule has 6 heteroatoms. The third-order valence-corrected chi connectivity index (χ3v) is 5.79. The molecular weight excluding hydrogens is 374 g/mol. The highest BCUT2D eigenvalue weighted by atomic mass is 16.1. The van der Waals surface area contributed by atoms with E-state index in [4.69, 9.17) is 0 Å². The van der Waals surface area contributed by atoms with Gasteiger partial charge >= 0.3 is 0 Å². The van der Waals surface area contributed by atoms with Crippen molar-refractivity contribution >= 4 is 11.6 Å².